The molecule has 0 fully saturated rings. The van der Waals surface area contributed by atoms with Gasteiger partial charge in [-0.15, -0.1) is 11.3 Å². The predicted molar refractivity (Wildman–Crippen MR) is 142 cm³/mol. The molecule has 1 amide bonds. The molecule has 0 radical (unpaired) electrons. The van der Waals surface area contributed by atoms with Crippen LogP contribution < -0.4 is 10.0 Å². The average molecular weight is 541 g/mol. The minimum absolute atomic E-state index is 0.0643. The summed E-state index contributed by atoms with van der Waals surface area (Å²) in [5.74, 6) is 0.673. The summed E-state index contributed by atoms with van der Waals surface area (Å²) in [6.45, 7) is 3.46. The first-order valence-corrected chi connectivity index (χ1v) is 14.7. The number of aromatic nitrogens is 4. The van der Waals surface area contributed by atoms with Crippen LogP contribution in [0.25, 0.3) is 10.2 Å². The number of aryl methyl sites for hydroxylation is 4. The molecule has 0 bridgehead atoms. The molecule has 36 heavy (non-hydrogen) atoms. The van der Waals surface area contributed by atoms with Crippen molar-refractivity contribution >= 4 is 60.8 Å². The zero-order valence-electron chi connectivity index (χ0n) is 19.7. The van der Waals surface area contributed by atoms with Crippen molar-refractivity contribution < 1.29 is 13.2 Å². The molecule has 0 saturated carbocycles. The third-order valence-electron chi connectivity index (χ3n) is 5.71. The predicted octanol–water partition coefficient (Wildman–Crippen LogP) is 4.51. The number of carbonyl (C=O) groups excluding carboxylic acids is 1. The molecule has 5 rings (SSSR count). The highest BCUT2D eigenvalue weighted by Crippen LogP contribution is 2.39. The van der Waals surface area contributed by atoms with Gasteiger partial charge in [-0.3, -0.25) is 9.52 Å². The van der Waals surface area contributed by atoms with Gasteiger partial charge in [-0.2, -0.15) is 0 Å². The molecule has 0 unspecified atom stereocenters. The van der Waals surface area contributed by atoms with E-state index in [1.807, 2.05) is 0 Å². The van der Waals surface area contributed by atoms with Crippen molar-refractivity contribution in [2.24, 2.45) is 0 Å². The van der Waals surface area contributed by atoms with Crippen LogP contribution in [0, 0.1) is 13.8 Å². The fraction of sp³-hybridized carbons (Fsp3) is 0.292. The van der Waals surface area contributed by atoms with E-state index in [0.717, 1.165) is 34.5 Å². The van der Waals surface area contributed by atoms with Crippen molar-refractivity contribution in [1.29, 1.82) is 0 Å². The van der Waals surface area contributed by atoms with Crippen molar-refractivity contribution in [3.63, 3.8) is 0 Å². The number of amides is 1. The van der Waals surface area contributed by atoms with Crippen LogP contribution in [-0.4, -0.2) is 40.0 Å². The van der Waals surface area contributed by atoms with Gasteiger partial charge in [-0.1, -0.05) is 11.8 Å². The third kappa shape index (κ3) is 5.35. The zero-order chi connectivity index (χ0) is 25.3. The quantitative estimate of drug-likeness (QED) is 0.259. The molecule has 0 saturated heterocycles. The van der Waals surface area contributed by atoms with Gasteiger partial charge in [0.15, 0.2) is 0 Å². The number of carbonyl (C=O) groups is 1. The number of sulfonamides is 1. The number of thioether (sulfide) groups is 1. The molecule has 3 aromatic heterocycles. The Morgan fingerprint density at radius 1 is 1.08 bits per heavy atom. The number of nitrogens with zero attached hydrogens (tertiary/aromatic N) is 4. The van der Waals surface area contributed by atoms with Gasteiger partial charge in [0.2, 0.25) is 5.91 Å². The Hall–Kier alpha value is -3.09. The van der Waals surface area contributed by atoms with E-state index in [1.165, 1.54) is 40.8 Å². The van der Waals surface area contributed by atoms with Crippen LogP contribution in [0.5, 0.6) is 0 Å². The lowest BCUT2D eigenvalue weighted by Crippen LogP contribution is -2.16. The number of benzene rings is 1. The highest BCUT2D eigenvalue weighted by molar-refractivity contribution is 8.00. The lowest BCUT2D eigenvalue weighted by molar-refractivity contribution is -0.113. The minimum atomic E-state index is -3.83. The van der Waals surface area contributed by atoms with Crippen molar-refractivity contribution in [1.82, 2.24) is 19.9 Å². The maximum absolute atomic E-state index is 12.7. The molecule has 4 aromatic rings. The molecule has 3 heterocycles. The number of thiophene rings is 1. The fourth-order valence-corrected chi connectivity index (χ4v) is 7.30. The van der Waals surface area contributed by atoms with Crippen LogP contribution in [0.1, 0.15) is 34.8 Å². The highest BCUT2D eigenvalue weighted by atomic mass is 32.2. The van der Waals surface area contributed by atoms with Gasteiger partial charge in [0, 0.05) is 27.7 Å². The zero-order valence-corrected chi connectivity index (χ0v) is 22.2. The van der Waals surface area contributed by atoms with Crippen LogP contribution in [0.4, 0.5) is 11.5 Å². The van der Waals surface area contributed by atoms with Crippen molar-refractivity contribution in [3.05, 3.63) is 58.6 Å². The van der Waals surface area contributed by atoms with Crippen LogP contribution in [-0.2, 0) is 27.7 Å². The Morgan fingerprint density at radius 2 is 1.86 bits per heavy atom. The number of anilines is 2. The first-order chi connectivity index (χ1) is 17.3. The maximum Gasteiger partial charge on any atom is 0.263 e. The lowest BCUT2D eigenvalue weighted by atomic mass is 9.97. The average Bonchev–Trinajstić information content (AvgIpc) is 3.21. The summed E-state index contributed by atoms with van der Waals surface area (Å²) < 4.78 is 27.9. The molecule has 9 nitrogen and oxygen atoms in total. The summed E-state index contributed by atoms with van der Waals surface area (Å²) in [7, 11) is -3.83. The van der Waals surface area contributed by atoms with Gasteiger partial charge in [0.1, 0.15) is 27.8 Å². The molecular weight excluding hydrogens is 517 g/mol. The molecule has 2 N–H and O–H groups in total. The second kappa shape index (κ2) is 10.1. The van der Waals surface area contributed by atoms with E-state index in [2.05, 4.69) is 30.0 Å². The smallest absolute Gasteiger partial charge is 0.263 e. The normalized spacial score (nSPS) is 13.4. The molecule has 0 atom stereocenters. The van der Waals surface area contributed by atoms with E-state index in [-0.39, 0.29) is 22.4 Å². The van der Waals surface area contributed by atoms with E-state index in [1.54, 1.807) is 49.7 Å². The second-order valence-corrected chi connectivity index (χ2v) is 12.2. The van der Waals surface area contributed by atoms with Crippen molar-refractivity contribution in [2.45, 2.75) is 49.5 Å². The van der Waals surface area contributed by atoms with E-state index in [9.17, 15) is 13.2 Å². The topological polar surface area (TPSA) is 127 Å². The molecule has 1 aliphatic carbocycles. The van der Waals surface area contributed by atoms with Crippen LogP contribution in [0.3, 0.4) is 0 Å². The van der Waals surface area contributed by atoms with Gasteiger partial charge >= 0.3 is 0 Å². The van der Waals surface area contributed by atoms with Gasteiger partial charge in [-0.05, 0) is 69.4 Å². The summed E-state index contributed by atoms with van der Waals surface area (Å²) in [5, 5.41) is 4.74. The lowest BCUT2D eigenvalue weighted by Gasteiger charge is -2.11. The molecule has 186 valence electrons. The Kier molecular flexibility index (Phi) is 6.91. The van der Waals surface area contributed by atoms with Gasteiger partial charge in [0.05, 0.1) is 10.6 Å². The fourth-order valence-electron chi connectivity index (χ4n) is 4.18. The monoisotopic (exact) mass is 540 g/mol. The van der Waals surface area contributed by atoms with Crippen molar-refractivity contribution in [3.8, 4) is 0 Å². The summed E-state index contributed by atoms with van der Waals surface area (Å²) in [4.78, 5) is 32.2. The Morgan fingerprint density at radius 3 is 2.64 bits per heavy atom. The van der Waals surface area contributed by atoms with E-state index in [4.69, 9.17) is 0 Å². The molecule has 1 aliphatic rings. The maximum atomic E-state index is 12.7. The third-order valence-corrected chi connectivity index (χ3v) is 9.27. The summed E-state index contributed by atoms with van der Waals surface area (Å²) >= 11 is 3.12. The first-order valence-electron chi connectivity index (χ1n) is 11.4. The standard InChI is InChI=1S/C24H24N6O3S3/c1-14-11-20(28-15(2)27-14)30-36(32,33)17-9-7-16(8-10-17)29-21(31)12-34-23-22-18-5-3-4-6-19(18)35-24(22)26-13-25-23/h7-11,13H,3-6,12H2,1-2H3,(H,29,31)(H,27,28,30). The van der Waals surface area contributed by atoms with E-state index >= 15 is 0 Å². The summed E-state index contributed by atoms with van der Waals surface area (Å²) in [6, 6.07) is 7.57. The Balaban J connectivity index is 1.23. The Bertz CT molecular complexity index is 1530. The number of fused-ring (bicyclic) bond motifs is 3. The summed E-state index contributed by atoms with van der Waals surface area (Å²) in [5.41, 5.74) is 2.51. The SMILES string of the molecule is Cc1cc(NS(=O)(=O)c2ccc(NC(=O)CSc3ncnc4sc5c(c34)CCCC5)cc2)nc(C)n1. The van der Waals surface area contributed by atoms with Gasteiger partial charge < -0.3 is 5.32 Å². The second-order valence-electron chi connectivity index (χ2n) is 8.48. The number of hydrogen-bond donors (Lipinski definition) is 2. The first kappa shape index (κ1) is 24.6. The van der Waals surface area contributed by atoms with E-state index < -0.39 is 10.0 Å². The van der Waals surface area contributed by atoms with Crippen molar-refractivity contribution in [2.75, 3.05) is 15.8 Å². The molecule has 0 aliphatic heterocycles. The van der Waals surface area contributed by atoms with Crippen LogP contribution >= 0.6 is 23.1 Å². The number of hydrogen-bond acceptors (Lipinski definition) is 9. The molecule has 0 spiro atoms. The van der Waals surface area contributed by atoms with E-state index in [0.29, 0.717) is 17.2 Å². The number of nitrogens with one attached hydrogen (secondary N) is 2. The minimum Gasteiger partial charge on any atom is -0.325 e. The molecule has 1 aromatic carbocycles. The molecule has 12 heteroatoms. The molecular formula is C24H24N6O3S3. The van der Waals surface area contributed by atoms with Crippen LogP contribution in [0.2, 0.25) is 0 Å². The van der Waals surface area contributed by atoms with Crippen LogP contribution in [0.15, 0.2) is 46.6 Å². The number of rotatable bonds is 7. The Labute approximate surface area is 217 Å². The van der Waals surface area contributed by atoms with Gasteiger partial charge in [0.25, 0.3) is 10.0 Å². The highest BCUT2D eigenvalue weighted by Gasteiger charge is 2.21. The largest absolute Gasteiger partial charge is 0.325 e. The van der Waals surface area contributed by atoms with Gasteiger partial charge in [-0.25, -0.2) is 28.4 Å². The summed E-state index contributed by atoms with van der Waals surface area (Å²) in [6.07, 6.45) is 6.04.